The van der Waals surface area contributed by atoms with E-state index in [1.807, 2.05) is 4.90 Å². The number of pyridine rings is 1. The van der Waals surface area contributed by atoms with Crippen LogP contribution in [0.3, 0.4) is 0 Å². The van der Waals surface area contributed by atoms with Crippen molar-refractivity contribution in [1.29, 1.82) is 0 Å². The first-order valence-electron chi connectivity index (χ1n) is 9.35. The van der Waals surface area contributed by atoms with E-state index in [1.165, 1.54) is 16.9 Å². The largest absolute Gasteiger partial charge is 0.417 e. The molecule has 1 aliphatic carbocycles. The van der Waals surface area contributed by atoms with E-state index in [4.69, 9.17) is 0 Å². The Balaban J connectivity index is 1.49. The van der Waals surface area contributed by atoms with Crippen LogP contribution < -0.4 is 5.32 Å². The lowest BCUT2D eigenvalue weighted by Gasteiger charge is -2.41. The standard InChI is InChI=1S/C18H22F3N5O/c19-18(20,21)13-5-6-14-23-24-15(25(14)12-13)11-22-16(27)26-10-4-9-17(26)7-2-1-3-8-17/h5-6,12H,1-4,7-11H2,(H,22,27). The topological polar surface area (TPSA) is 62.5 Å². The van der Waals surface area contributed by atoms with Gasteiger partial charge in [-0.15, -0.1) is 10.2 Å². The van der Waals surface area contributed by atoms with Crippen molar-refractivity contribution in [2.24, 2.45) is 0 Å². The number of nitrogens with one attached hydrogen (secondary N) is 1. The molecule has 27 heavy (non-hydrogen) atoms. The van der Waals surface area contributed by atoms with Crippen LogP contribution >= 0.6 is 0 Å². The average Bonchev–Trinajstić information content (AvgIpc) is 3.23. The van der Waals surface area contributed by atoms with Gasteiger partial charge in [0, 0.05) is 18.3 Å². The maximum absolute atomic E-state index is 12.9. The van der Waals surface area contributed by atoms with Gasteiger partial charge in [-0.1, -0.05) is 19.3 Å². The Hall–Kier alpha value is -2.32. The summed E-state index contributed by atoms with van der Waals surface area (Å²) >= 11 is 0. The Labute approximate surface area is 154 Å². The maximum atomic E-state index is 12.9. The van der Waals surface area contributed by atoms with Gasteiger partial charge in [-0.05, 0) is 37.8 Å². The second-order valence-electron chi connectivity index (χ2n) is 7.46. The minimum absolute atomic E-state index is 0.0356. The summed E-state index contributed by atoms with van der Waals surface area (Å²) in [5, 5.41) is 10.6. The average molecular weight is 381 g/mol. The summed E-state index contributed by atoms with van der Waals surface area (Å²) in [7, 11) is 0. The molecule has 0 aromatic carbocycles. The summed E-state index contributed by atoms with van der Waals surface area (Å²) in [5.74, 6) is 0.279. The Morgan fingerprint density at radius 2 is 1.85 bits per heavy atom. The number of alkyl halides is 3. The van der Waals surface area contributed by atoms with Crippen LogP contribution in [0.15, 0.2) is 18.3 Å². The van der Waals surface area contributed by atoms with Gasteiger partial charge in [-0.2, -0.15) is 13.2 Å². The van der Waals surface area contributed by atoms with E-state index in [2.05, 4.69) is 15.5 Å². The van der Waals surface area contributed by atoms with E-state index in [9.17, 15) is 18.0 Å². The maximum Gasteiger partial charge on any atom is 0.417 e. The van der Waals surface area contributed by atoms with Crippen LogP contribution in [-0.2, 0) is 12.7 Å². The van der Waals surface area contributed by atoms with Gasteiger partial charge in [0.1, 0.15) is 0 Å². The summed E-state index contributed by atoms with van der Waals surface area (Å²) in [6, 6.07) is 2.08. The summed E-state index contributed by atoms with van der Waals surface area (Å²) in [6.45, 7) is 0.762. The normalized spacial score (nSPS) is 19.7. The number of hydrogen-bond acceptors (Lipinski definition) is 3. The first kappa shape index (κ1) is 18.1. The number of carbonyl (C=O) groups excluding carboxylic acids is 1. The van der Waals surface area contributed by atoms with Crippen LogP contribution in [0, 0.1) is 0 Å². The molecule has 6 nitrogen and oxygen atoms in total. The number of likely N-dealkylation sites (tertiary alicyclic amines) is 1. The lowest BCUT2D eigenvalue weighted by Crippen LogP contribution is -2.52. The molecular weight excluding hydrogens is 359 g/mol. The van der Waals surface area contributed by atoms with Crippen LogP contribution in [0.5, 0.6) is 0 Å². The molecule has 0 unspecified atom stereocenters. The van der Waals surface area contributed by atoms with Gasteiger partial charge in [0.05, 0.1) is 12.1 Å². The summed E-state index contributed by atoms with van der Waals surface area (Å²) in [4.78, 5) is 14.7. The zero-order chi connectivity index (χ0) is 19.1. The molecule has 3 heterocycles. The third kappa shape index (κ3) is 3.35. The predicted molar refractivity (Wildman–Crippen MR) is 92.0 cm³/mol. The van der Waals surface area contributed by atoms with Gasteiger partial charge < -0.3 is 10.2 Å². The molecule has 2 amide bonds. The predicted octanol–water partition coefficient (Wildman–Crippen LogP) is 3.76. The number of aromatic nitrogens is 3. The highest BCUT2D eigenvalue weighted by molar-refractivity contribution is 5.75. The van der Waals surface area contributed by atoms with Crippen LogP contribution in [0.4, 0.5) is 18.0 Å². The number of nitrogens with zero attached hydrogens (tertiary/aromatic N) is 4. The number of rotatable bonds is 2. The van der Waals surface area contributed by atoms with E-state index in [1.54, 1.807) is 0 Å². The fourth-order valence-electron chi connectivity index (χ4n) is 4.46. The van der Waals surface area contributed by atoms with E-state index in [0.29, 0.717) is 5.65 Å². The van der Waals surface area contributed by atoms with Crippen LogP contribution in [0.25, 0.3) is 5.65 Å². The van der Waals surface area contributed by atoms with Crippen molar-refractivity contribution in [3.63, 3.8) is 0 Å². The third-order valence-electron chi connectivity index (χ3n) is 5.82. The first-order chi connectivity index (χ1) is 12.9. The molecule has 1 aliphatic heterocycles. The number of halogens is 3. The van der Waals surface area contributed by atoms with Gasteiger partial charge in [-0.3, -0.25) is 4.40 Å². The van der Waals surface area contributed by atoms with Gasteiger partial charge in [0.2, 0.25) is 0 Å². The molecule has 9 heteroatoms. The molecule has 1 saturated heterocycles. The smallest absolute Gasteiger partial charge is 0.331 e. The Morgan fingerprint density at radius 3 is 2.59 bits per heavy atom. The third-order valence-corrected chi connectivity index (χ3v) is 5.82. The summed E-state index contributed by atoms with van der Waals surface area (Å²) in [5.41, 5.74) is -0.501. The lowest BCUT2D eigenvalue weighted by atomic mass is 9.80. The monoisotopic (exact) mass is 381 g/mol. The second-order valence-corrected chi connectivity index (χ2v) is 7.46. The number of urea groups is 1. The van der Waals surface area contributed by atoms with Crippen molar-refractivity contribution in [3.05, 3.63) is 29.7 Å². The molecule has 146 valence electrons. The minimum atomic E-state index is -4.44. The molecular formula is C18H22F3N5O. The molecule has 2 aliphatic rings. The molecule has 2 aromatic heterocycles. The Bertz CT molecular complexity index is 841. The van der Waals surface area contributed by atoms with E-state index < -0.39 is 11.7 Å². The lowest BCUT2D eigenvalue weighted by molar-refractivity contribution is -0.137. The van der Waals surface area contributed by atoms with Crippen molar-refractivity contribution in [1.82, 2.24) is 24.8 Å². The van der Waals surface area contributed by atoms with Crippen LogP contribution in [-0.4, -0.2) is 37.6 Å². The zero-order valence-electron chi connectivity index (χ0n) is 14.9. The highest BCUT2D eigenvalue weighted by Crippen LogP contribution is 2.41. The van der Waals surface area contributed by atoms with Crippen molar-refractivity contribution in [2.75, 3.05) is 6.54 Å². The molecule has 4 rings (SSSR count). The molecule has 1 saturated carbocycles. The fraction of sp³-hybridized carbons (Fsp3) is 0.611. The van der Waals surface area contributed by atoms with Crippen LogP contribution in [0.1, 0.15) is 56.3 Å². The van der Waals surface area contributed by atoms with E-state index >= 15 is 0 Å². The number of hydrogen-bond donors (Lipinski definition) is 1. The van der Waals surface area contributed by atoms with Crippen molar-refractivity contribution in [2.45, 2.75) is 63.2 Å². The number of fused-ring (bicyclic) bond motifs is 1. The van der Waals surface area contributed by atoms with E-state index in [-0.39, 0.29) is 23.9 Å². The molecule has 1 spiro atoms. The molecule has 0 atom stereocenters. The minimum Gasteiger partial charge on any atom is -0.331 e. The van der Waals surface area contributed by atoms with Gasteiger partial charge in [-0.25, -0.2) is 4.79 Å². The molecule has 0 bridgehead atoms. The van der Waals surface area contributed by atoms with Gasteiger partial charge in [0.15, 0.2) is 11.5 Å². The summed E-state index contributed by atoms with van der Waals surface area (Å²) in [6.07, 6.45) is 4.10. The van der Waals surface area contributed by atoms with E-state index in [0.717, 1.165) is 57.3 Å². The Kier molecular flexibility index (Phi) is 4.47. The fourth-order valence-corrected chi connectivity index (χ4v) is 4.46. The highest BCUT2D eigenvalue weighted by Gasteiger charge is 2.43. The van der Waals surface area contributed by atoms with Crippen molar-refractivity contribution in [3.8, 4) is 0 Å². The number of amides is 2. The van der Waals surface area contributed by atoms with Crippen LogP contribution in [0.2, 0.25) is 0 Å². The summed E-state index contributed by atoms with van der Waals surface area (Å²) < 4.78 is 40.1. The van der Waals surface area contributed by atoms with Crippen molar-refractivity contribution >= 4 is 11.7 Å². The SMILES string of the molecule is O=C(NCc1nnc2ccc(C(F)(F)F)cn12)N1CCCC12CCCCC2. The zero-order valence-corrected chi connectivity index (χ0v) is 14.9. The molecule has 1 N–H and O–H groups in total. The Morgan fingerprint density at radius 1 is 1.11 bits per heavy atom. The quantitative estimate of drug-likeness (QED) is 0.862. The first-order valence-corrected chi connectivity index (χ1v) is 9.35. The molecule has 0 radical (unpaired) electrons. The molecule has 2 aromatic rings. The second kappa shape index (κ2) is 6.69. The van der Waals surface area contributed by atoms with Crippen molar-refractivity contribution < 1.29 is 18.0 Å². The van der Waals surface area contributed by atoms with Gasteiger partial charge in [0.25, 0.3) is 0 Å². The number of carbonyl (C=O) groups is 1. The highest BCUT2D eigenvalue weighted by atomic mass is 19.4. The molecule has 2 fully saturated rings. The van der Waals surface area contributed by atoms with Gasteiger partial charge >= 0.3 is 12.2 Å².